The summed E-state index contributed by atoms with van der Waals surface area (Å²) in [5.74, 6) is -1.12. The number of aromatic nitrogens is 4. The van der Waals surface area contributed by atoms with Crippen molar-refractivity contribution in [1.82, 2.24) is 19.5 Å². The number of nitrogens with zero attached hydrogens (tertiary/aromatic N) is 4. The van der Waals surface area contributed by atoms with Crippen molar-refractivity contribution in [2.45, 2.75) is 50.6 Å². The molecule has 0 bridgehead atoms. The Hall–Kier alpha value is -3.34. The van der Waals surface area contributed by atoms with E-state index in [0.717, 1.165) is 26.1 Å². The number of carbonyl (C=O) groups excluding carboxylic acids is 1. The van der Waals surface area contributed by atoms with Crippen LogP contribution in [0.3, 0.4) is 0 Å². The van der Waals surface area contributed by atoms with Crippen molar-refractivity contribution in [1.29, 1.82) is 0 Å². The van der Waals surface area contributed by atoms with Gasteiger partial charge in [-0.2, -0.15) is 4.98 Å². The van der Waals surface area contributed by atoms with Crippen molar-refractivity contribution in [3.63, 3.8) is 0 Å². The maximum atomic E-state index is 14.4. The summed E-state index contributed by atoms with van der Waals surface area (Å²) in [5.41, 5.74) is 6.64. The normalized spacial score (nSPS) is 23.6. The summed E-state index contributed by atoms with van der Waals surface area (Å²) >= 11 is 0. The highest BCUT2D eigenvalue weighted by Gasteiger charge is 2.50. The number of hydrogen-bond donors (Lipinski definition) is 3. The Labute approximate surface area is 200 Å². The molecular formula is C24H27F2N7O2. The second-order valence-corrected chi connectivity index (χ2v) is 10.1. The predicted molar refractivity (Wildman–Crippen MR) is 125 cm³/mol. The monoisotopic (exact) mass is 483 g/mol. The number of nitrogens with two attached hydrogens (primary N) is 1. The molecule has 2 saturated carbocycles. The third kappa shape index (κ3) is 3.97. The second kappa shape index (κ2) is 8.40. The first-order valence-corrected chi connectivity index (χ1v) is 12.0. The molecule has 0 unspecified atom stereocenters. The number of fused-ring (bicyclic) bond motifs is 1. The van der Waals surface area contributed by atoms with Crippen LogP contribution >= 0.6 is 0 Å². The molecule has 2 aromatic heterocycles. The number of para-hydroxylation sites is 1. The molecule has 1 saturated heterocycles. The van der Waals surface area contributed by atoms with Gasteiger partial charge in [0.05, 0.1) is 19.4 Å². The Kier molecular flexibility index (Phi) is 5.32. The Morgan fingerprint density at radius 3 is 2.46 bits per heavy atom. The minimum absolute atomic E-state index is 0.0604. The Morgan fingerprint density at radius 1 is 1.11 bits per heavy atom. The fourth-order valence-electron chi connectivity index (χ4n) is 5.64. The molecule has 11 heteroatoms. The molecule has 1 aliphatic heterocycles. The smallest absolute Gasteiger partial charge is 0.224 e. The number of hydrogen-bond acceptors (Lipinski definition) is 7. The van der Waals surface area contributed by atoms with E-state index >= 15 is 0 Å². The summed E-state index contributed by atoms with van der Waals surface area (Å²) in [6.45, 7) is 1.63. The van der Waals surface area contributed by atoms with Crippen LogP contribution in [0, 0.1) is 23.0 Å². The van der Waals surface area contributed by atoms with Crippen molar-refractivity contribution in [3.05, 3.63) is 36.0 Å². The number of carbonyl (C=O) groups is 1. The Balaban J connectivity index is 1.33. The van der Waals surface area contributed by atoms with Gasteiger partial charge >= 0.3 is 0 Å². The molecule has 6 rings (SSSR count). The molecule has 1 spiro atoms. The molecule has 2 aliphatic carbocycles. The molecule has 3 aromatic rings. The fraction of sp³-hybridized carbons (Fsp3) is 0.500. The van der Waals surface area contributed by atoms with Gasteiger partial charge in [0, 0.05) is 23.4 Å². The molecule has 9 nitrogen and oxygen atoms in total. The molecule has 3 fully saturated rings. The van der Waals surface area contributed by atoms with Gasteiger partial charge in [0.2, 0.25) is 17.8 Å². The summed E-state index contributed by atoms with van der Waals surface area (Å²) in [5, 5.41) is 6.25. The highest BCUT2D eigenvalue weighted by Crippen LogP contribution is 2.47. The van der Waals surface area contributed by atoms with E-state index in [0.29, 0.717) is 48.2 Å². The minimum Gasteiger partial charge on any atom is -0.380 e. The predicted octanol–water partition coefficient (Wildman–Crippen LogP) is 3.66. The summed E-state index contributed by atoms with van der Waals surface area (Å²) in [4.78, 5) is 25.4. The Morgan fingerprint density at radius 2 is 1.83 bits per heavy atom. The van der Waals surface area contributed by atoms with Gasteiger partial charge in [0.15, 0.2) is 5.65 Å². The van der Waals surface area contributed by atoms with Crippen molar-refractivity contribution in [2.24, 2.45) is 17.1 Å². The van der Waals surface area contributed by atoms with E-state index in [4.69, 9.17) is 15.5 Å². The van der Waals surface area contributed by atoms with Gasteiger partial charge in [-0.05, 0) is 50.7 Å². The third-order valence-corrected chi connectivity index (χ3v) is 7.61. The highest BCUT2D eigenvalue weighted by molar-refractivity contribution is 5.78. The summed E-state index contributed by atoms with van der Waals surface area (Å²) in [6, 6.07) is 3.92. The number of rotatable bonds is 6. The summed E-state index contributed by atoms with van der Waals surface area (Å²) in [6.07, 6.45) is 6.27. The van der Waals surface area contributed by atoms with Crippen molar-refractivity contribution in [2.75, 3.05) is 23.8 Å². The SMILES string of the molecule is NC(=O)[C@H]1CC[C@@H](n2c(Nc3c(F)cccc3F)nc3cnc(NC4CC5(COC5)C4)nc32)CC1. The average molecular weight is 484 g/mol. The maximum absolute atomic E-state index is 14.4. The first-order valence-electron chi connectivity index (χ1n) is 12.0. The standard InChI is InChI=1S/C24H27F2N7O2/c25-16-2-1-3-17(26)19(16)31-23-30-18-10-28-22(29-14-8-24(9-14)11-35-12-24)32-21(18)33(23)15-6-4-13(5-7-15)20(27)34/h1-3,10,13-15H,4-9,11-12H2,(H2,27,34)(H,30,31)(H,28,29,32)/t13-,15+. The lowest BCUT2D eigenvalue weighted by atomic mass is 9.64. The lowest BCUT2D eigenvalue weighted by Crippen LogP contribution is -2.56. The highest BCUT2D eigenvalue weighted by atomic mass is 19.1. The van der Waals surface area contributed by atoms with Crippen LogP contribution < -0.4 is 16.4 Å². The topological polar surface area (TPSA) is 120 Å². The minimum atomic E-state index is -0.714. The van der Waals surface area contributed by atoms with Crippen molar-refractivity contribution in [3.8, 4) is 0 Å². The van der Waals surface area contributed by atoms with Crippen LogP contribution in [0.15, 0.2) is 24.4 Å². The molecule has 1 amide bonds. The van der Waals surface area contributed by atoms with E-state index in [1.165, 1.54) is 18.2 Å². The number of halogens is 2. The van der Waals surface area contributed by atoms with Crippen LogP contribution in [-0.4, -0.2) is 44.7 Å². The summed E-state index contributed by atoms with van der Waals surface area (Å²) < 4.78 is 36.1. The quantitative estimate of drug-likeness (QED) is 0.489. The first kappa shape index (κ1) is 22.1. The molecule has 0 radical (unpaired) electrons. The number of benzene rings is 1. The molecule has 4 N–H and O–H groups in total. The fourth-order valence-corrected chi connectivity index (χ4v) is 5.64. The van der Waals surface area contributed by atoms with E-state index in [2.05, 4.69) is 20.6 Å². The zero-order valence-corrected chi connectivity index (χ0v) is 19.1. The van der Waals surface area contributed by atoms with Gasteiger partial charge in [-0.1, -0.05) is 6.07 Å². The number of primary amides is 1. The van der Waals surface area contributed by atoms with E-state index in [1.807, 2.05) is 4.57 Å². The van der Waals surface area contributed by atoms with Gasteiger partial charge in [0.1, 0.15) is 22.8 Å². The first-order chi connectivity index (χ1) is 16.9. The largest absolute Gasteiger partial charge is 0.380 e. The van der Waals surface area contributed by atoms with E-state index < -0.39 is 11.6 Å². The third-order valence-electron chi connectivity index (χ3n) is 7.61. The molecule has 1 aromatic carbocycles. The van der Waals surface area contributed by atoms with E-state index in [1.54, 1.807) is 6.20 Å². The van der Waals surface area contributed by atoms with Crippen LogP contribution in [0.5, 0.6) is 0 Å². The van der Waals surface area contributed by atoms with Crippen LogP contribution in [0.25, 0.3) is 11.2 Å². The van der Waals surface area contributed by atoms with Gasteiger partial charge in [-0.25, -0.2) is 18.7 Å². The van der Waals surface area contributed by atoms with Crippen LogP contribution in [0.4, 0.5) is 26.4 Å². The second-order valence-electron chi connectivity index (χ2n) is 10.1. The van der Waals surface area contributed by atoms with E-state index in [-0.39, 0.29) is 35.5 Å². The average Bonchev–Trinajstić information content (AvgIpc) is 3.14. The van der Waals surface area contributed by atoms with Gasteiger partial charge in [0.25, 0.3) is 0 Å². The number of anilines is 3. The van der Waals surface area contributed by atoms with Crippen molar-refractivity contribution < 1.29 is 18.3 Å². The zero-order valence-electron chi connectivity index (χ0n) is 19.1. The maximum Gasteiger partial charge on any atom is 0.224 e. The molecule has 184 valence electrons. The Bertz CT molecular complexity index is 1260. The number of amides is 1. The lowest BCUT2D eigenvalue weighted by Gasteiger charge is -2.53. The zero-order chi connectivity index (χ0) is 24.2. The van der Waals surface area contributed by atoms with Crippen LogP contribution in [-0.2, 0) is 9.53 Å². The lowest BCUT2D eigenvalue weighted by molar-refractivity contribution is -0.160. The molecule has 0 atom stereocenters. The number of nitrogens with one attached hydrogen (secondary N) is 2. The van der Waals surface area contributed by atoms with E-state index in [9.17, 15) is 13.6 Å². The molecule has 35 heavy (non-hydrogen) atoms. The van der Waals surface area contributed by atoms with Crippen LogP contribution in [0.2, 0.25) is 0 Å². The molecule has 3 heterocycles. The van der Waals surface area contributed by atoms with Gasteiger partial charge in [-0.15, -0.1) is 0 Å². The summed E-state index contributed by atoms with van der Waals surface area (Å²) in [7, 11) is 0. The van der Waals surface area contributed by atoms with Crippen molar-refractivity contribution >= 4 is 34.7 Å². The van der Waals surface area contributed by atoms with Gasteiger partial charge in [-0.3, -0.25) is 9.36 Å². The molecule has 3 aliphatic rings. The van der Waals surface area contributed by atoms with Crippen LogP contribution in [0.1, 0.15) is 44.6 Å². The van der Waals surface area contributed by atoms with Gasteiger partial charge < -0.3 is 21.1 Å². The number of imidazole rings is 1. The molecular weight excluding hydrogens is 456 g/mol. The number of ether oxygens (including phenoxy) is 1.